The highest BCUT2D eigenvalue weighted by Crippen LogP contribution is 2.42. The lowest BCUT2D eigenvalue weighted by Gasteiger charge is -2.33. The van der Waals surface area contributed by atoms with Gasteiger partial charge < -0.3 is 14.7 Å². The molecule has 1 aromatic rings. The Balaban J connectivity index is 2.22. The molecule has 0 spiro atoms. The highest BCUT2D eigenvalue weighted by Gasteiger charge is 2.53. The molecule has 0 bridgehead atoms. The molecule has 0 saturated carbocycles. The Morgan fingerprint density at radius 3 is 2.33 bits per heavy atom. The van der Waals surface area contributed by atoms with Crippen LogP contribution in [0.15, 0.2) is 24.3 Å². The van der Waals surface area contributed by atoms with E-state index in [0.717, 1.165) is 13.1 Å². The molecule has 1 fully saturated rings. The van der Waals surface area contributed by atoms with Crippen LogP contribution in [0.2, 0.25) is 0 Å². The number of anilines is 1. The average molecular weight is 291 g/mol. The highest BCUT2D eigenvalue weighted by molar-refractivity contribution is 5.48. The molecular weight excluding hydrogens is 262 g/mol. The van der Waals surface area contributed by atoms with Gasteiger partial charge in [0.2, 0.25) is 0 Å². The van der Waals surface area contributed by atoms with Crippen molar-refractivity contribution in [3.63, 3.8) is 0 Å². The van der Waals surface area contributed by atoms with Crippen molar-refractivity contribution in [2.45, 2.75) is 58.8 Å². The third-order valence-electron chi connectivity index (χ3n) is 4.68. The summed E-state index contributed by atoms with van der Waals surface area (Å²) in [5, 5.41) is 10.6. The first-order chi connectivity index (χ1) is 9.67. The summed E-state index contributed by atoms with van der Waals surface area (Å²) in [6.07, 6.45) is -0.452. The number of aliphatic hydroxyl groups is 1. The van der Waals surface area contributed by atoms with E-state index in [1.807, 2.05) is 13.8 Å². The molecule has 0 radical (unpaired) electrons. The molecule has 2 atom stereocenters. The molecule has 118 valence electrons. The summed E-state index contributed by atoms with van der Waals surface area (Å²) in [5.41, 5.74) is 1.67. The van der Waals surface area contributed by atoms with Gasteiger partial charge in [-0.25, -0.2) is 0 Å². The molecule has 0 aromatic heterocycles. The number of aryl methyl sites for hydroxylation is 1. The van der Waals surface area contributed by atoms with Crippen LogP contribution in [0, 0.1) is 12.8 Å². The van der Waals surface area contributed by atoms with Gasteiger partial charge in [-0.05, 0) is 59.2 Å². The number of hydrogen-bond acceptors (Lipinski definition) is 3. The van der Waals surface area contributed by atoms with Gasteiger partial charge in [-0.1, -0.05) is 12.1 Å². The van der Waals surface area contributed by atoms with Gasteiger partial charge in [-0.3, -0.25) is 0 Å². The summed E-state index contributed by atoms with van der Waals surface area (Å²) in [6.45, 7) is 14.1. The fourth-order valence-corrected chi connectivity index (χ4v) is 3.48. The van der Waals surface area contributed by atoms with E-state index in [0.29, 0.717) is 0 Å². The van der Waals surface area contributed by atoms with Crippen molar-refractivity contribution in [1.29, 1.82) is 0 Å². The molecule has 2 unspecified atom stereocenters. The van der Waals surface area contributed by atoms with Crippen LogP contribution in [0.3, 0.4) is 0 Å². The van der Waals surface area contributed by atoms with Crippen LogP contribution >= 0.6 is 0 Å². The molecule has 0 amide bonds. The molecule has 1 heterocycles. The first-order valence-corrected chi connectivity index (χ1v) is 7.87. The summed E-state index contributed by atoms with van der Waals surface area (Å²) in [7, 11) is 0. The molecule has 3 heteroatoms. The van der Waals surface area contributed by atoms with Crippen LogP contribution < -0.4 is 4.90 Å². The van der Waals surface area contributed by atoms with Crippen LogP contribution in [-0.4, -0.2) is 35.5 Å². The van der Waals surface area contributed by atoms with Gasteiger partial charge in [-0.2, -0.15) is 0 Å². The summed E-state index contributed by atoms with van der Waals surface area (Å²) < 4.78 is 6.09. The van der Waals surface area contributed by atoms with Gasteiger partial charge in [0.25, 0.3) is 0 Å². The van der Waals surface area contributed by atoms with Crippen LogP contribution in [0.1, 0.15) is 40.2 Å². The van der Waals surface area contributed by atoms with Crippen LogP contribution in [0.5, 0.6) is 0 Å². The SMILES string of the molecule is CCN(CC1C(O)C(C)(C)OC1(C)C)c1cccc(C)c1. The average Bonchev–Trinajstić information content (AvgIpc) is 2.52. The monoisotopic (exact) mass is 291 g/mol. The summed E-state index contributed by atoms with van der Waals surface area (Å²) in [6, 6.07) is 8.53. The maximum Gasteiger partial charge on any atom is 0.0897 e. The molecule has 1 saturated heterocycles. The Bertz CT molecular complexity index is 496. The number of benzene rings is 1. The van der Waals surface area contributed by atoms with Gasteiger partial charge in [0.15, 0.2) is 0 Å². The lowest BCUT2D eigenvalue weighted by molar-refractivity contribution is -0.0906. The maximum atomic E-state index is 10.6. The second kappa shape index (κ2) is 5.62. The maximum absolute atomic E-state index is 10.6. The number of hydrogen-bond donors (Lipinski definition) is 1. The van der Waals surface area contributed by atoms with Gasteiger partial charge in [-0.15, -0.1) is 0 Å². The first-order valence-electron chi connectivity index (χ1n) is 7.87. The summed E-state index contributed by atoms with van der Waals surface area (Å²) in [5.74, 6) is 0.0907. The zero-order chi connectivity index (χ0) is 15.8. The van der Waals surface area contributed by atoms with Crippen molar-refractivity contribution >= 4 is 5.69 Å². The normalized spacial score (nSPS) is 26.8. The molecule has 1 aromatic carbocycles. The summed E-state index contributed by atoms with van der Waals surface area (Å²) >= 11 is 0. The summed E-state index contributed by atoms with van der Waals surface area (Å²) in [4.78, 5) is 2.33. The molecule has 2 rings (SSSR count). The van der Waals surface area contributed by atoms with Crippen molar-refractivity contribution in [3.05, 3.63) is 29.8 Å². The number of ether oxygens (including phenoxy) is 1. The van der Waals surface area contributed by atoms with Crippen molar-refractivity contribution in [1.82, 2.24) is 0 Å². The topological polar surface area (TPSA) is 32.7 Å². The third kappa shape index (κ3) is 3.24. The van der Waals surface area contributed by atoms with E-state index in [-0.39, 0.29) is 11.5 Å². The minimum atomic E-state index is -0.486. The van der Waals surface area contributed by atoms with E-state index in [1.165, 1.54) is 11.3 Å². The smallest absolute Gasteiger partial charge is 0.0897 e. The van der Waals surface area contributed by atoms with Gasteiger partial charge in [0.1, 0.15) is 0 Å². The quantitative estimate of drug-likeness (QED) is 0.923. The number of aliphatic hydroxyl groups excluding tert-OH is 1. The third-order valence-corrected chi connectivity index (χ3v) is 4.68. The molecule has 1 N–H and O–H groups in total. The Morgan fingerprint density at radius 1 is 1.19 bits per heavy atom. The zero-order valence-corrected chi connectivity index (χ0v) is 14.2. The van der Waals surface area contributed by atoms with Crippen LogP contribution in [-0.2, 0) is 4.74 Å². The van der Waals surface area contributed by atoms with Crippen LogP contribution in [0.4, 0.5) is 5.69 Å². The molecule has 0 aliphatic carbocycles. The Labute approximate surface area is 128 Å². The Hall–Kier alpha value is -1.06. The minimum absolute atomic E-state index is 0.0907. The molecule has 3 nitrogen and oxygen atoms in total. The van der Waals surface area contributed by atoms with Gasteiger partial charge in [0, 0.05) is 24.7 Å². The highest BCUT2D eigenvalue weighted by atomic mass is 16.5. The Morgan fingerprint density at radius 2 is 1.86 bits per heavy atom. The lowest BCUT2D eigenvalue weighted by Crippen LogP contribution is -2.43. The van der Waals surface area contributed by atoms with E-state index < -0.39 is 11.7 Å². The van der Waals surface area contributed by atoms with Crippen molar-refractivity contribution in [2.24, 2.45) is 5.92 Å². The number of nitrogens with zero attached hydrogens (tertiary/aromatic N) is 1. The molecular formula is C18H29NO2. The van der Waals surface area contributed by atoms with E-state index >= 15 is 0 Å². The van der Waals surface area contributed by atoms with E-state index in [4.69, 9.17) is 4.74 Å². The van der Waals surface area contributed by atoms with E-state index in [1.54, 1.807) is 0 Å². The predicted octanol–water partition coefficient (Wildman–Crippen LogP) is 3.39. The largest absolute Gasteiger partial charge is 0.390 e. The first kappa shape index (κ1) is 16.3. The fourth-order valence-electron chi connectivity index (χ4n) is 3.48. The van der Waals surface area contributed by atoms with Crippen molar-refractivity contribution in [2.75, 3.05) is 18.0 Å². The minimum Gasteiger partial charge on any atom is -0.390 e. The zero-order valence-electron chi connectivity index (χ0n) is 14.2. The second-order valence-electron chi connectivity index (χ2n) is 7.24. The van der Waals surface area contributed by atoms with Crippen LogP contribution in [0.25, 0.3) is 0 Å². The van der Waals surface area contributed by atoms with Gasteiger partial charge in [0.05, 0.1) is 17.3 Å². The van der Waals surface area contributed by atoms with Crippen molar-refractivity contribution < 1.29 is 9.84 Å². The van der Waals surface area contributed by atoms with E-state index in [2.05, 4.69) is 56.9 Å². The second-order valence-corrected chi connectivity index (χ2v) is 7.24. The van der Waals surface area contributed by atoms with E-state index in [9.17, 15) is 5.11 Å². The fraction of sp³-hybridized carbons (Fsp3) is 0.667. The Kier molecular flexibility index (Phi) is 4.36. The molecule has 1 aliphatic rings. The molecule has 1 aliphatic heterocycles. The lowest BCUT2D eigenvalue weighted by atomic mass is 9.84. The van der Waals surface area contributed by atoms with Gasteiger partial charge >= 0.3 is 0 Å². The standard InChI is InChI=1S/C18H29NO2/c1-7-19(14-10-8-9-13(2)11-14)12-15-16(20)18(5,6)21-17(15,3)4/h8-11,15-16,20H,7,12H2,1-6H3. The number of rotatable bonds is 4. The van der Waals surface area contributed by atoms with Crippen molar-refractivity contribution in [3.8, 4) is 0 Å². The molecule has 21 heavy (non-hydrogen) atoms. The predicted molar refractivity (Wildman–Crippen MR) is 87.8 cm³/mol.